The van der Waals surface area contributed by atoms with E-state index in [-0.39, 0.29) is 0 Å². The monoisotopic (exact) mass is 312 g/mol. The van der Waals surface area contributed by atoms with Crippen LogP contribution in [-0.2, 0) is 6.54 Å². The van der Waals surface area contributed by atoms with Crippen molar-refractivity contribution in [1.82, 2.24) is 9.88 Å². The van der Waals surface area contributed by atoms with Crippen LogP contribution >= 0.6 is 11.8 Å². The van der Waals surface area contributed by atoms with Crippen LogP contribution in [0.25, 0.3) is 10.9 Å². The van der Waals surface area contributed by atoms with E-state index in [0.717, 1.165) is 17.8 Å². The van der Waals surface area contributed by atoms with Crippen LogP contribution in [0.3, 0.4) is 0 Å². The molecule has 1 aromatic heterocycles. The molecule has 0 aliphatic heterocycles. The number of hydrogen-bond donors (Lipinski definition) is 1. The number of nitrogens with one attached hydrogen (secondary N) is 1. The molecule has 0 bridgehead atoms. The fourth-order valence-corrected chi connectivity index (χ4v) is 3.59. The summed E-state index contributed by atoms with van der Waals surface area (Å²) in [4.78, 5) is 8.04. The molecule has 0 fully saturated rings. The van der Waals surface area contributed by atoms with Gasteiger partial charge in [0.05, 0.1) is 12.6 Å². The van der Waals surface area contributed by atoms with Crippen LogP contribution in [-0.4, -0.2) is 31.1 Å². The predicted octanol–water partition coefficient (Wildman–Crippen LogP) is 4.39. The van der Waals surface area contributed by atoms with Crippen molar-refractivity contribution in [1.29, 1.82) is 0 Å². The molecule has 0 aliphatic rings. The molecule has 2 aromatic carbocycles. The number of aromatic nitrogens is 1. The molecule has 3 aromatic rings. The van der Waals surface area contributed by atoms with Crippen LogP contribution in [0.2, 0.25) is 0 Å². The Morgan fingerprint density at radius 2 is 1.86 bits per heavy atom. The summed E-state index contributed by atoms with van der Waals surface area (Å²) >= 11 is 1.80. The summed E-state index contributed by atoms with van der Waals surface area (Å²) < 4.78 is 5.42. The number of nitrogens with zero attached hydrogens (tertiary/aromatic N) is 1. The average molecular weight is 312 g/mol. The summed E-state index contributed by atoms with van der Waals surface area (Å²) in [5, 5.41) is 1.20. The van der Waals surface area contributed by atoms with Crippen molar-refractivity contribution in [3.63, 3.8) is 0 Å². The predicted molar refractivity (Wildman–Crippen MR) is 92.8 cm³/mol. The molecule has 0 amide bonds. The minimum absolute atomic E-state index is 0.880. The quantitative estimate of drug-likeness (QED) is 0.757. The van der Waals surface area contributed by atoms with E-state index >= 15 is 0 Å². The van der Waals surface area contributed by atoms with Gasteiger partial charge in [0.2, 0.25) is 0 Å². The smallest absolute Gasteiger partial charge is 0.142 e. The third-order valence-electron chi connectivity index (χ3n) is 3.54. The Bertz CT molecular complexity index is 780. The second-order valence-corrected chi connectivity index (χ2v) is 6.57. The zero-order valence-corrected chi connectivity index (χ0v) is 13.9. The Balaban J connectivity index is 1.97. The van der Waals surface area contributed by atoms with E-state index in [1.807, 2.05) is 12.1 Å². The van der Waals surface area contributed by atoms with Crippen molar-refractivity contribution < 1.29 is 4.74 Å². The first-order valence-corrected chi connectivity index (χ1v) is 8.05. The number of aromatic amines is 1. The third kappa shape index (κ3) is 2.98. The number of ether oxygens (including phenoxy) is 1. The SMILES string of the molecule is COc1cccc2c(Sc3ccccc3CN(C)C)c[nH]c12. The van der Waals surface area contributed by atoms with Crippen LogP contribution in [0, 0.1) is 0 Å². The van der Waals surface area contributed by atoms with Crippen molar-refractivity contribution in [2.24, 2.45) is 0 Å². The van der Waals surface area contributed by atoms with Crippen molar-refractivity contribution in [2.45, 2.75) is 16.3 Å². The molecule has 0 aliphatic carbocycles. The van der Waals surface area contributed by atoms with Gasteiger partial charge in [-0.15, -0.1) is 0 Å². The summed E-state index contributed by atoms with van der Waals surface area (Å²) in [7, 11) is 5.89. The minimum atomic E-state index is 0.880. The molecule has 3 nitrogen and oxygen atoms in total. The van der Waals surface area contributed by atoms with Crippen molar-refractivity contribution >= 4 is 22.7 Å². The van der Waals surface area contributed by atoms with Gasteiger partial charge < -0.3 is 14.6 Å². The first kappa shape index (κ1) is 15.0. The molecule has 22 heavy (non-hydrogen) atoms. The maximum atomic E-state index is 5.42. The molecular formula is C18H20N2OS. The van der Waals surface area contributed by atoms with Gasteiger partial charge in [0.25, 0.3) is 0 Å². The molecule has 0 atom stereocenters. The number of fused-ring (bicyclic) bond motifs is 1. The van der Waals surface area contributed by atoms with E-state index in [0.29, 0.717) is 0 Å². The van der Waals surface area contributed by atoms with Crippen molar-refractivity contribution in [2.75, 3.05) is 21.2 Å². The molecule has 0 unspecified atom stereocenters. The van der Waals surface area contributed by atoms with Gasteiger partial charge in [-0.1, -0.05) is 42.1 Å². The average Bonchev–Trinajstić information content (AvgIpc) is 2.92. The lowest BCUT2D eigenvalue weighted by molar-refractivity contribution is 0.399. The number of rotatable bonds is 5. The molecule has 1 heterocycles. The van der Waals surface area contributed by atoms with Crippen LogP contribution < -0.4 is 4.74 Å². The number of H-pyrrole nitrogens is 1. The Hall–Kier alpha value is -1.91. The van der Waals surface area contributed by atoms with Gasteiger partial charge in [-0.3, -0.25) is 0 Å². The lowest BCUT2D eigenvalue weighted by Gasteiger charge is -2.13. The summed E-state index contributed by atoms with van der Waals surface area (Å²) in [6, 6.07) is 14.7. The molecule has 114 valence electrons. The van der Waals surface area contributed by atoms with Crippen LogP contribution in [0.15, 0.2) is 58.5 Å². The summed E-state index contributed by atoms with van der Waals surface area (Å²) in [5.74, 6) is 0.880. The summed E-state index contributed by atoms with van der Waals surface area (Å²) in [6.45, 7) is 0.939. The third-order valence-corrected chi connectivity index (χ3v) is 4.71. The van der Waals surface area contributed by atoms with Gasteiger partial charge in [-0.25, -0.2) is 0 Å². The second-order valence-electron chi connectivity index (χ2n) is 5.48. The lowest BCUT2D eigenvalue weighted by Crippen LogP contribution is -2.11. The van der Waals surface area contributed by atoms with E-state index in [9.17, 15) is 0 Å². The highest BCUT2D eigenvalue weighted by Gasteiger charge is 2.11. The minimum Gasteiger partial charge on any atom is -0.495 e. The van der Waals surface area contributed by atoms with E-state index < -0.39 is 0 Å². The second kappa shape index (κ2) is 6.46. The zero-order valence-electron chi connectivity index (χ0n) is 13.1. The van der Waals surface area contributed by atoms with E-state index in [2.05, 4.69) is 60.5 Å². The van der Waals surface area contributed by atoms with Crippen molar-refractivity contribution in [3.05, 3.63) is 54.2 Å². The van der Waals surface area contributed by atoms with Gasteiger partial charge in [0.1, 0.15) is 5.75 Å². The molecule has 0 spiro atoms. The first-order valence-electron chi connectivity index (χ1n) is 7.23. The fraction of sp³-hybridized carbons (Fsp3) is 0.222. The molecule has 4 heteroatoms. The topological polar surface area (TPSA) is 28.3 Å². The van der Waals surface area contributed by atoms with E-state index in [1.54, 1.807) is 18.9 Å². The van der Waals surface area contributed by atoms with Gasteiger partial charge in [0, 0.05) is 27.9 Å². The van der Waals surface area contributed by atoms with Crippen molar-refractivity contribution in [3.8, 4) is 5.75 Å². The standard InChI is InChI=1S/C18H20N2OS/c1-20(2)12-13-7-4-5-10-16(13)22-17-11-19-18-14(17)8-6-9-15(18)21-3/h4-11,19H,12H2,1-3H3. The normalized spacial score (nSPS) is 11.3. The Kier molecular flexibility index (Phi) is 4.41. The van der Waals surface area contributed by atoms with Gasteiger partial charge >= 0.3 is 0 Å². The first-order chi connectivity index (χ1) is 10.7. The highest BCUT2D eigenvalue weighted by atomic mass is 32.2. The van der Waals surface area contributed by atoms with Crippen LogP contribution in [0.4, 0.5) is 0 Å². The van der Waals surface area contributed by atoms with E-state index in [1.165, 1.54) is 20.7 Å². The number of benzene rings is 2. The van der Waals surface area contributed by atoms with Gasteiger partial charge in [-0.05, 0) is 31.8 Å². The molecule has 1 N–H and O–H groups in total. The maximum Gasteiger partial charge on any atom is 0.142 e. The summed E-state index contributed by atoms with van der Waals surface area (Å²) in [5.41, 5.74) is 2.40. The number of para-hydroxylation sites is 1. The lowest BCUT2D eigenvalue weighted by atomic mass is 10.2. The van der Waals surface area contributed by atoms with Crippen LogP contribution in [0.1, 0.15) is 5.56 Å². The Morgan fingerprint density at radius 1 is 1.05 bits per heavy atom. The molecule has 0 saturated carbocycles. The molecule has 3 rings (SSSR count). The Labute approximate surface area is 135 Å². The number of hydrogen-bond acceptors (Lipinski definition) is 3. The summed E-state index contributed by atoms with van der Waals surface area (Å²) in [6.07, 6.45) is 2.06. The van der Waals surface area contributed by atoms with Gasteiger partial charge in [-0.2, -0.15) is 0 Å². The maximum absolute atomic E-state index is 5.42. The largest absolute Gasteiger partial charge is 0.495 e. The Morgan fingerprint density at radius 3 is 2.64 bits per heavy atom. The van der Waals surface area contributed by atoms with Crippen LogP contribution in [0.5, 0.6) is 5.75 Å². The molecule has 0 radical (unpaired) electrons. The zero-order chi connectivity index (χ0) is 15.5. The molecule has 0 saturated heterocycles. The highest BCUT2D eigenvalue weighted by Crippen LogP contribution is 2.37. The molecular weight excluding hydrogens is 292 g/mol. The fourth-order valence-electron chi connectivity index (χ4n) is 2.55. The highest BCUT2D eigenvalue weighted by molar-refractivity contribution is 7.99. The van der Waals surface area contributed by atoms with Gasteiger partial charge in [0.15, 0.2) is 0 Å². The van der Waals surface area contributed by atoms with E-state index in [4.69, 9.17) is 4.74 Å². The number of methoxy groups -OCH3 is 1.